The molecule has 0 saturated carbocycles. The maximum atomic E-state index is 13.2. The number of halogens is 1. The predicted molar refractivity (Wildman–Crippen MR) is 47.9 cm³/mol. The van der Waals surface area contributed by atoms with Crippen LogP contribution in [0.1, 0.15) is 25.3 Å². The first-order valence-electron chi connectivity index (χ1n) is 4.25. The summed E-state index contributed by atoms with van der Waals surface area (Å²) in [6.45, 7) is 4.19. The van der Waals surface area contributed by atoms with Gasteiger partial charge in [-0.3, -0.25) is 0 Å². The van der Waals surface area contributed by atoms with Crippen molar-refractivity contribution in [1.29, 1.82) is 0 Å². The van der Waals surface area contributed by atoms with E-state index in [1.807, 2.05) is 6.07 Å². The van der Waals surface area contributed by atoms with Crippen molar-refractivity contribution in [3.8, 4) is 0 Å². The molecule has 0 amide bonds. The molecule has 0 radical (unpaired) electrons. The van der Waals surface area contributed by atoms with Crippen LogP contribution in [0.25, 0.3) is 0 Å². The molecule has 1 N–H and O–H groups in total. The van der Waals surface area contributed by atoms with Gasteiger partial charge in [-0.2, -0.15) is 0 Å². The van der Waals surface area contributed by atoms with Crippen LogP contribution in [0.4, 0.5) is 10.1 Å². The minimum Gasteiger partial charge on any atom is -0.379 e. The van der Waals surface area contributed by atoms with E-state index < -0.39 is 0 Å². The van der Waals surface area contributed by atoms with E-state index in [0.29, 0.717) is 17.6 Å². The van der Waals surface area contributed by atoms with Crippen LogP contribution in [0.3, 0.4) is 0 Å². The Morgan fingerprint density at radius 3 is 2.75 bits per heavy atom. The monoisotopic (exact) mass is 165 g/mol. The summed E-state index contributed by atoms with van der Waals surface area (Å²) in [7, 11) is 0. The lowest BCUT2D eigenvalue weighted by Gasteiger charge is -2.08. The smallest absolute Gasteiger partial charge is 0.146 e. The van der Waals surface area contributed by atoms with Gasteiger partial charge in [-0.1, -0.05) is 19.1 Å². The molecular formula is C10H12FN. The molecule has 0 aliphatic carbocycles. The van der Waals surface area contributed by atoms with Crippen molar-refractivity contribution in [3.63, 3.8) is 0 Å². The highest BCUT2D eigenvalue weighted by atomic mass is 19.1. The van der Waals surface area contributed by atoms with Crippen molar-refractivity contribution in [2.45, 2.75) is 25.8 Å². The molecule has 0 bridgehead atoms. The molecule has 2 heteroatoms. The molecule has 1 aromatic rings. The van der Waals surface area contributed by atoms with Gasteiger partial charge in [0.15, 0.2) is 0 Å². The van der Waals surface area contributed by atoms with Crippen molar-refractivity contribution < 1.29 is 4.39 Å². The van der Waals surface area contributed by atoms with Crippen LogP contribution in [0, 0.1) is 5.82 Å². The molecule has 1 aliphatic rings. The number of para-hydroxylation sites is 1. The van der Waals surface area contributed by atoms with Gasteiger partial charge in [0.25, 0.3) is 0 Å². The highest BCUT2D eigenvalue weighted by Gasteiger charge is 2.26. The lowest BCUT2D eigenvalue weighted by molar-refractivity contribution is 0.631. The fraction of sp³-hybridized carbons (Fsp3) is 0.400. The van der Waals surface area contributed by atoms with Crippen molar-refractivity contribution in [1.82, 2.24) is 0 Å². The van der Waals surface area contributed by atoms with Gasteiger partial charge in [0, 0.05) is 12.0 Å². The van der Waals surface area contributed by atoms with Gasteiger partial charge < -0.3 is 5.32 Å². The van der Waals surface area contributed by atoms with E-state index in [4.69, 9.17) is 0 Å². The number of fused-ring (bicyclic) bond motifs is 1. The lowest BCUT2D eigenvalue weighted by Crippen LogP contribution is -2.13. The summed E-state index contributed by atoms with van der Waals surface area (Å²) in [5.41, 5.74) is 1.79. The van der Waals surface area contributed by atoms with Crippen LogP contribution in [0.15, 0.2) is 18.2 Å². The molecule has 0 fully saturated rings. The second kappa shape index (κ2) is 2.47. The van der Waals surface area contributed by atoms with E-state index in [0.717, 1.165) is 5.56 Å². The van der Waals surface area contributed by atoms with Gasteiger partial charge in [0.05, 0.1) is 5.69 Å². The number of benzene rings is 1. The number of hydrogen-bond acceptors (Lipinski definition) is 1. The second-order valence-corrected chi connectivity index (χ2v) is 3.43. The molecule has 2 atom stereocenters. The molecule has 1 aromatic carbocycles. The SMILES string of the molecule is CC1Nc2c(F)cccc2C1C. The first-order chi connectivity index (χ1) is 5.70. The average Bonchev–Trinajstić information content (AvgIpc) is 2.32. The summed E-state index contributed by atoms with van der Waals surface area (Å²) in [6, 6.07) is 5.59. The van der Waals surface area contributed by atoms with Gasteiger partial charge in [-0.15, -0.1) is 0 Å². The van der Waals surface area contributed by atoms with Crippen LogP contribution < -0.4 is 5.32 Å². The number of hydrogen-bond donors (Lipinski definition) is 1. The Hall–Kier alpha value is -1.05. The molecule has 64 valence electrons. The predicted octanol–water partition coefficient (Wildman–Crippen LogP) is 2.74. The minimum atomic E-state index is -0.135. The molecule has 2 rings (SSSR count). The fourth-order valence-electron chi connectivity index (χ4n) is 1.69. The third-order valence-corrected chi connectivity index (χ3v) is 2.66. The Kier molecular flexibility index (Phi) is 1.56. The highest BCUT2D eigenvalue weighted by Crippen LogP contribution is 2.36. The first-order valence-corrected chi connectivity index (χ1v) is 4.25. The van der Waals surface area contributed by atoms with E-state index >= 15 is 0 Å². The second-order valence-electron chi connectivity index (χ2n) is 3.43. The first kappa shape index (κ1) is 7.59. The molecule has 1 aliphatic heterocycles. The number of nitrogens with one attached hydrogen (secondary N) is 1. The van der Waals surface area contributed by atoms with Crippen LogP contribution in [-0.4, -0.2) is 6.04 Å². The number of anilines is 1. The average molecular weight is 165 g/mol. The fourth-order valence-corrected chi connectivity index (χ4v) is 1.69. The van der Waals surface area contributed by atoms with Crippen molar-refractivity contribution >= 4 is 5.69 Å². The molecule has 0 saturated heterocycles. The molecule has 1 nitrogen and oxygen atoms in total. The molecular weight excluding hydrogens is 153 g/mol. The van der Waals surface area contributed by atoms with Crippen LogP contribution in [-0.2, 0) is 0 Å². The Morgan fingerprint density at radius 1 is 1.33 bits per heavy atom. The molecule has 1 heterocycles. The maximum absolute atomic E-state index is 13.2. The van der Waals surface area contributed by atoms with E-state index in [1.165, 1.54) is 6.07 Å². The van der Waals surface area contributed by atoms with Crippen molar-refractivity contribution in [2.75, 3.05) is 5.32 Å². The van der Waals surface area contributed by atoms with E-state index in [-0.39, 0.29) is 5.82 Å². The van der Waals surface area contributed by atoms with E-state index in [9.17, 15) is 4.39 Å². The van der Waals surface area contributed by atoms with Crippen molar-refractivity contribution in [3.05, 3.63) is 29.6 Å². The maximum Gasteiger partial charge on any atom is 0.146 e. The summed E-state index contributed by atoms with van der Waals surface area (Å²) in [5.74, 6) is 0.277. The normalized spacial score (nSPS) is 26.6. The summed E-state index contributed by atoms with van der Waals surface area (Å²) >= 11 is 0. The van der Waals surface area contributed by atoms with Crippen molar-refractivity contribution in [2.24, 2.45) is 0 Å². The molecule has 2 unspecified atom stereocenters. The Morgan fingerprint density at radius 2 is 2.08 bits per heavy atom. The van der Waals surface area contributed by atoms with Gasteiger partial charge in [-0.05, 0) is 18.6 Å². The van der Waals surface area contributed by atoms with Gasteiger partial charge >= 0.3 is 0 Å². The zero-order chi connectivity index (χ0) is 8.72. The Labute approximate surface area is 71.6 Å². The standard InChI is InChI=1S/C10H12FN/c1-6-7(2)12-10-8(6)4-3-5-9(10)11/h3-7,12H,1-2H3. The topological polar surface area (TPSA) is 12.0 Å². The van der Waals surface area contributed by atoms with Gasteiger partial charge in [0.2, 0.25) is 0 Å². The van der Waals surface area contributed by atoms with Crippen LogP contribution in [0.2, 0.25) is 0 Å². The lowest BCUT2D eigenvalue weighted by atomic mass is 9.98. The highest BCUT2D eigenvalue weighted by molar-refractivity contribution is 5.59. The minimum absolute atomic E-state index is 0.135. The van der Waals surface area contributed by atoms with Gasteiger partial charge in [0.1, 0.15) is 5.82 Å². The summed E-state index contributed by atoms with van der Waals surface area (Å²) in [4.78, 5) is 0. The van der Waals surface area contributed by atoms with Gasteiger partial charge in [-0.25, -0.2) is 4.39 Å². The Balaban J connectivity index is 2.53. The van der Waals surface area contributed by atoms with E-state index in [2.05, 4.69) is 19.2 Å². The molecule has 12 heavy (non-hydrogen) atoms. The van der Waals surface area contributed by atoms with Crippen LogP contribution >= 0.6 is 0 Å². The summed E-state index contributed by atoms with van der Waals surface area (Å²) in [6.07, 6.45) is 0. The van der Waals surface area contributed by atoms with Crippen LogP contribution in [0.5, 0.6) is 0 Å². The summed E-state index contributed by atoms with van der Waals surface area (Å²) in [5, 5.41) is 3.14. The third-order valence-electron chi connectivity index (χ3n) is 2.66. The van der Waals surface area contributed by atoms with E-state index in [1.54, 1.807) is 6.07 Å². The summed E-state index contributed by atoms with van der Waals surface area (Å²) < 4.78 is 13.2. The largest absolute Gasteiger partial charge is 0.379 e. The number of rotatable bonds is 0. The molecule has 0 aromatic heterocycles. The zero-order valence-electron chi connectivity index (χ0n) is 7.26. The third kappa shape index (κ3) is 0.909. The Bertz CT molecular complexity index is 309. The zero-order valence-corrected chi connectivity index (χ0v) is 7.26. The quantitative estimate of drug-likeness (QED) is 0.623. The molecule has 0 spiro atoms.